The van der Waals surface area contributed by atoms with Gasteiger partial charge in [0.1, 0.15) is 11.8 Å². The van der Waals surface area contributed by atoms with E-state index in [2.05, 4.69) is 15.4 Å². The highest BCUT2D eigenvalue weighted by Gasteiger charge is 2.35. The largest absolute Gasteiger partial charge is 0.457 e. The summed E-state index contributed by atoms with van der Waals surface area (Å²) in [4.78, 5) is 32.0. The standard InChI is InChI=1S/C25H31N5O5/c1-15(2)11-18(24(32)27-21-9-10-29(28-21)14-25(4,5)33)30-13-17(12-22(30)31)35-20-8-6-7-19-23(20)26-16(3)34-19/h6-10,12,15,18,33H,11,13-14H2,1-5H3,(H,27,28,32)/t18-/m0/s1. The lowest BCUT2D eigenvalue weighted by atomic mass is 10.0. The van der Waals surface area contributed by atoms with Gasteiger partial charge >= 0.3 is 0 Å². The number of carbonyl (C=O) groups is 2. The Labute approximate surface area is 203 Å². The smallest absolute Gasteiger partial charge is 0.251 e. The number of ether oxygens (including phenoxy) is 1. The number of aliphatic hydroxyl groups is 1. The molecule has 35 heavy (non-hydrogen) atoms. The van der Waals surface area contributed by atoms with Gasteiger partial charge in [-0.15, -0.1) is 0 Å². The molecule has 3 heterocycles. The highest BCUT2D eigenvalue weighted by Crippen LogP contribution is 2.29. The number of anilines is 1. The van der Waals surface area contributed by atoms with Crippen LogP contribution in [0.4, 0.5) is 5.82 Å². The van der Waals surface area contributed by atoms with Crippen LogP contribution in [0.5, 0.6) is 5.75 Å². The number of benzene rings is 1. The molecule has 0 radical (unpaired) electrons. The third-order valence-electron chi connectivity index (χ3n) is 5.44. The molecule has 1 aliphatic rings. The monoisotopic (exact) mass is 481 g/mol. The maximum atomic E-state index is 13.2. The number of nitrogens with zero attached hydrogens (tertiary/aromatic N) is 4. The van der Waals surface area contributed by atoms with Crippen molar-refractivity contribution in [3.63, 3.8) is 0 Å². The van der Waals surface area contributed by atoms with Crippen molar-refractivity contribution in [3.05, 3.63) is 48.2 Å². The fourth-order valence-electron chi connectivity index (χ4n) is 4.04. The van der Waals surface area contributed by atoms with Crippen LogP contribution in [0.1, 0.15) is 40.0 Å². The molecule has 2 aromatic heterocycles. The Hall–Kier alpha value is -3.66. The van der Waals surface area contributed by atoms with Crippen LogP contribution in [0.25, 0.3) is 11.1 Å². The zero-order chi connectivity index (χ0) is 25.3. The van der Waals surface area contributed by atoms with E-state index in [-0.39, 0.29) is 30.8 Å². The third kappa shape index (κ3) is 5.89. The molecule has 1 atom stereocenters. The van der Waals surface area contributed by atoms with Crippen molar-refractivity contribution in [1.82, 2.24) is 19.7 Å². The Morgan fingerprint density at radius 2 is 2.09 bits per heavy atom. The Morgan fingerprint density at radius 1 is 1.31 bits per heavy atom. The minimum atomic E-state index is -0.938. The first-order chi connectivity index (χ1) is 16.5. The average molecular weight is 482 g/mol. The predicted octanol–water partition coefficient (Wildman–Crippen LogP) is 3.26. The number of aryl methyl sites for hydroxylation is 1. The van der Waals surface area contributed by atoms with Gasteiger partial charge < -0.3 is 24.5 Å². The van der Waals surface area contributed by atoms with Gasteiger partial charge in [-0.2, -0.15) is 5.10 Å². The molecule has 0 saturated heterocycles. The summed E-state index contributed by atoms with van der Waals surface area (Å²) < 4.78 is 13.1. The number of oxazole rings is 1. The van der Waals surface area contributed by atoms with Gasteiger partial charge in [0.05, 0.1) is 18.7 Å². The first-order valence-electron chi connectivity index (χ1n) is 11.6. The van der Waals surface area contributed by atoms with E-state index in [1.807, 2.05) is 13.8 Å². The Morgan fingerprint density at radius 3 is 2.80 bits per heavy atom. The van der Waals surface area contributed by atoms with Crippen LogP contribution >= 0.6 is 0 Å². The minimum absolute atomic E-state index is 0.157. The lowest BCUT2D eigenvalue weighted by molar-refractivity contribution is -0.133. The quantitative estimate of drug-likeness (QED) is 0.481. The molecule has 1 aliphatic heterocycles. The lowest BCUT2D eigenvalue weighted by Gasteiger charge is -2.28. The van der Waals surface area contributed by atoms with E-state index in [0.717, 1.165) is 0 Å². The van der Waals surface area contributed by atoms with Gasteiger partial charge in [0.25, 0.3) is 5.91 Å². The molecule has 10 nitrogen and oxygen atoms in total. The molecule has 186 valence electrons. The van der Waals surface area contributed by atoms with Crippen LogP contribution in [0.3, 0.4) is 0 Å². The maximum Gasteiger partial charge on any atom is 0.251 e. The van der Waals surface area contributed by atoms with Gasteiger partial charge in [-0.1, -0.05) is 19.9 Å². The van der Waals surface area contributed by atoms with Gasteiger partial charge in [0.2, 0.25) is 5.91 Å². The summed E-state index contributed by atoms with van der Waals surface area (Å²) in [6.07, 6.45) is 3.57. The molecule has 4 rings (SSSR count). The van der Waals surface area contributed by atoms with Gasteiger partial charge in [-0.25, -0.2) is 4.98 Å². The molecule has 0 fully saturated rings. The van der Waals surface area contributed by atoms with Crippen LogP contribution in [-0.2, 0) is 16.1 Å². The number of amides is 2. The molecule has 0 spiro atoms. The van der Waals surface area contributed by atoms with Crippen LogP contribution in [-0.4, -0.2) is 54.8 Å². The van der Waals surface area contributed by atoms with Crippen molar-refractivity contribution in [2.75, 3.05) is 11.9 Å². The molecule has 0 saturated carbocycles. The van der Waals surface area contributed by atoms with E-state index in [1.165, 1.54) is 11.0 Å². The summed E-state index contributed by atoms with van der Waals surface area (Å²) in [7, 11) is 0. The number of hydrogen-bond acceptors (Lipinski definition) is 7. The molecule has 0 bridgehead atoms. The molecule has 0 aliphatic carbocycles. The molecule has 2 amide bonds. The average Bonchev–Trinajstić information content (AvgIpc) is 3.43. The third-order valence-corrected chi connectivity index (χ3v) is 5.44. The molecule has 2 N–H and O–H groups in total. The molecular weight excluding hydrogens is 450 g/mol. The highest BCUT2D eigenvalue weighted by molar-refractivity contribution is 6.00. The zero-order valence-corrected chi connectivity index (χ0v) is 20.6. The SMILES string of the molecule is Cc1nc2c(OC3=CC(=O)N([C@@H](CC(C)C)C(=O)Nc4ccn(CC(C)(C)O)n4)C3)cccc2o1. The van der Waals surface area contributed by atoms with Gasteiger partial charge in [0.15, 0.2) is 28.6 Å². The summed E-state index contributed by atoms with van der Waals surface area (Å²) >= 11 is 0. The van der Waals surface area contributed by atoms with Gasteiger partial charge in [-0.3, -0.25) is 14.3 Å². The van der Waals surface area contributed by atoms with Crippen molar-refractivity contribution in [2.45, 2.75) is 59.2 Å². The second-order valence-electron chi connectivity index (χ2n) is 9.86. The minimum Gasteiger partial charge on any atom is -0.457 e. The Bertz CT molecular complexity index is 1270. The summed E-state index contributed by atoms with van der Waals surface area (Å²) in [6.45, 7) is 9.56. The first-order valence-corrected chi connectivity index (χ1v) is 11.6. The van der Waals surface area contributed by atoms with Crippen LogP contribution in [0, 0.1) is 12.8 Å². The number of nitrogens with one attached hydrogen (secondary N) is 1. The number of hydrogen-bond donors (Lipinski definition) is 2. The fraction of sp³-hybridized carbons (Fsp3) is 0.440. The summed E-state index contributed by atoms with van der Waals surface area (Å²) in [6, 6.07) is 6.32. The predicted molar refractivity (Wildman–Crippen MR) is 130 cm³/mol. The first kappa shape index (κ1) is 24.5. The molecular formula is C25H31N5O5. The summed E-state index contributed by atoms with van der Waals surface area (Å²) in [5.41, 5.74) is 0.241. The van der Waals surface area contributed by atoms with Crippen molar-refractivity contribution in [3.8, 4) is 5.75 Å². The van der Waals surface area contributed by atoms with Crippen molar-refractivity contribution < 1.29 is 23.8 Å². The number of rotatable bonds is 9. The van der Waals surface area contributed by atoms with E-state index < -0.39 is 11.6 Å². The van der Waals surface area contributed by atoms with E-state index in [0.29, 0.717) is 40.7 Å². The number of fused-ring (bicyclic) bond motifs is 1. The van der Waals surface area contributed by atoms with Crippen molar-refractivity contribution in [1.29, 1.82) is 0 Å². The van der Waals surface area contributed by atoms with Crippen LogP contribution < -0.4 is 10.1 Å². The summed E-state index contributed by atoms with van der Waals surface area (Å²) in [5, 5.41) is 17.1. The topological polar surface area (TPSA) is 123 Å². The van der Waals surface area contributed by atoms with Crippen LogP contribution in [0.15, 0.2) is 46.7 Å². The van der Waals surface area contributed by atoms with Gasteiger partial charge in [0, 0.05) is 25.3 Å². The summed E-state index contributed by atoms with van der Waals surface area (Å²) in [5.74, 6) is 1.34. The fourth-order valence-corrected chi connectivity index (χ4v) is 4.04. The van der Waals surface area contributed by atoms with Crippen molar-refractivity contribution >= 4 is 28.7 Å². The molecule has 0 unspecified atom stereocenters. The molecule has 3 aromatic rings. The highest BCUT2D eigenvalue weighted by atomic mass is 16.5. The maximum absolute atomic E-state index is 13.2. The van der Waals surface area contributed by atoms with Crippen LogP contribution in [0.2, 0.25) is 0 Å². The Balaban J connectivity index is 1.47. The van der Waals surface area contributed by atoms with Crippen molar-refractivity contribution in [2.24, 2.45) is 5.92 Å². The second kappa shape index (κ2) is 9.53. The molecule has 1 aromatic carbocycles. The number of aromatic nitrogens is 3. The van der Waals surface area contributed by atoms with E-state index >= 15 is 0 Å². The Kier molecular flexibility index (Phi) is 6.66. The lowest BCUT2D eigenvalue weighted by Crippen LogP contribution is -2.46. The normalized spacial score (nSPS) is 15.1. The second-order valence-corrected chi connectivity index (χ2v) is 9.86. The molecule has 10 heteroatoms. The number of carbonyl (C=O) groups excluding carboxylic acids is 2. The van der Waals surface area contributed by atoms with Gasteiger partial charge in [-0.05, 0) is 38.3 Å². The van der Waals surface area contributed by atoms with E-state index in [1.54, 1.807) is 55.9 Å². The zero-order valence-electron chi connectivity index (χ0n) is 20.6. The van der Waals surface area contributed by atoms with E-state index in [4.69, 9.17) is 9.15 Å². The van der Waals surface area contributed by atoms with E-state index in [9.17, 15) is 14.7 Å². The number of para-hydroxylation sites is 1.